The number of nitrogen functional groups attached to an aromatic ring is 1. The molecule has 0 aliphatic heterocycles. The van der Waals surface area contributed by atoms with Crippen LogP contribution in [0.15, 0.2) is 12.1 Å². The molecule has 2 nitrogen and oxygen atoms in total. The molecule has 0 fully saturated rings. The molecule has 0 bridgehead atoms. The molecule has 74 valence electrons. The molecule has 0 aliphatic carbocycles. The Labute approximate surface area is 83.5 Å². The number of nitrogens with two attached hydrogens (primary N) is 1. The van der Waals surface area contributed by atoms with Crippen molar-refractivity contribution >= 4 is 11.4 Å². The maximum atomic E-state index is 13.4. The summed E-state index contributed by atoms with van der Waals surface area (Å²) in [5.41, 5.74) is 7.36. The standard InChI is InChI=1S/C11H13FN2/c1-4-5-14(3)11-6-8(2)10(13)7-9(11)12/h1,6-7H,5,13H2,2-3H3. The van der Waals surface area contributed by atoms with Crippen molar-refractivity contribution in [2.24, 2.45) is 0 Å². The molecule has 0 radical (unpaired) electrons. The molecule has 3 heteroatoms. The van der Waals surface area contributed by atoms with E-state index in [1.165, 1.54) is 6.07 Å². The summed E-state index contributed by atoms with van der Waals surface area (Å²) in [5.74, 6) is 2.11. The summed E-state index contributed by atoms with van der Waals surface area (Å²) >= 11 is 0. The number of hydrogen-bond acceptors (Lipinski definition) is 2. The van der Waals surface area contributed by atoms with Crippen LogP contribution in [-0.4, -0.2) is 13.6 Å². The second-order valence-corrected chi connectivity index (χ2v) is 3.22. The molecule has 0 aromatic heterocycles. The van der Waals surface area contributed by atoms with Gasteiger partial charge in [-0.2, -0.15) is 0 Å². The van der Waals surface area contributed by atoms with Crippen LogP contribution in [0.3, 0.4) is 0 Å². The Balaban J connectivity index is 3.10. The van der Waals surface area contributed by atoms with Crippen molar-refractivity contribution in [2.75, 3.05) is 24.2 Å². The highest BCUT2D eigenvalue weighted by molar-refractivity contribution is 5.59. The number of terminal acetylenes is 1. The van der Waals surface area contributed by atoms with Gasteiger partial charge in [-0.15, -0.1) is 6.42 Å². The number of anilines is 2. The van der Waals surface area contributed by atoms with Gasteiger partial charge in [0.25, 0.3) is 0 Å². The van der Waals surface area contributed by atoms with E-state index >= 15 is 0 Å². The molecule has 0 amide bonds. The summed E-state index contributed by atoms with van der Waals surface area (Å²) in [6, 6.07) is 3.01. The van der Waals surface area contributed by atoms with Crippen LogP contribution in [0.1, 0.15) is 5.56 Å². The second kappa shape index (κ2) is 4.01. The fourth-order valence-electron chi connectivity index (χ4n) is 1.20. The highest BCUT2D eigenvalue weighted by atomic mass is 19.1. The van der Waals surface area contributed by atoms with Crippen molar-refractivity contribution in [1.82, 2.24) is 0 Å². The summed E-state index contributed by atoms with van der Waals surface area (Å²) in [6.07, 6.45) is 5.15. The van der Waals surface area contributed by atoms with Crippen molar-refractivity contribution in [3.05, 3.63) is 23.5 Å². The summed E-state index contributed by atoms with van der Waals surface area (Å²) < 4.78 is 13.4. The lowest BCUT2D eigenvalue weighted by Gasteiger charge is -2.18. The van der Waals surface area contributed by atoms with Gasteiger partial charge in [0.2, 0.25) is 0 Å². The summed E-state index contributed by atoms with van der Waals surface area (Å²) in [6.45, 7) is 2.21. The first-order valence-electron chi connectivity index (χ1n) is 4.26. The zero-order valence-electron chi connectivity index (χ0n) is 8.34. The minimum atomic E-state index is -0.342. The van der Waals surface area contributed by atoms with Crippen molar-refractivity contribution in [1.29, 1.82) is 0 Å². The van der Waals surface area contributed by atoms with Crippen LogP contribution in [-0.2, 0) is 0 Å². The molecule has 0 spiro atoms. The number of rotatable bonds is 2. The van der Waals surface area contributed by atoms with Crippen molar-refractivity contribution in [3.63, 3.8) is 0 Å². The summed E-state index contributed by atoms with van der Waals surface area (Å²) in [4.78, 5) is 1.67. The molecule has 0 heterocycles. The van der Waals surface area contributed by atoms with Gasteiger partial charge in [-0.05, 0) is 24.6 Å². The minimum Gasteiger partial charge on any atom is -0.398 e. The third kappa shape index (κ3) is 1.97. The number of aryl methyl sites for hydroxylation is 1. The van der Waals surface area contributed by atoms with E-state index in [4.69, 9.17) is 12.2 Å². The Bertz CT molecular complexity index is 380. The Kier molecular flexibility index (Phi) is 2.98. The van der Waals surface area contributed by atoms with E-state index in [2.05, 4.69) is 5.92 Å². The Morgan fingerprint density at radius 2 is 2.21 bits per heavy atom. The summed E-state index contributed by atoms with van der Waals surface area (Å²) in [5, 5.41) is 0. The van der Waals surface area contributed by atoms with Gasteiger partial charge < -0.3 is 10.6 Å². The van der Waals surface area contributed by atoms with Gasteiger partial charge in [-0.3, -0.25) is 0 Å². The van der Waals surface area contributed by atoms with Crippen LogP contribution in [0.4, 0.5) is 15.8 Å². The average molecular weight is 192 g/mol. The molecule has 1 aromatic rings. The monoisotopic (exact) mass is 192 g/mol. The third-order valence-electron chi connectivity index (χ3n) is 2.08. The van der Waals surface area contributed by atoms with Gasteiger partial charge >= 0.3 is 0 Å². The van der Waals surface area contributed by atoms with E-state index in [0.29, 0.717) is 17.9 Å². The lowest BCUT2D eigenvalue weighted by atomic mass is 10.1. The van der Waals surface area contributed by atoms with E-state index in [1.54, 1.807) is 18.0 Å². The molecular weight excluding hydrogens is 179 g/mol. The van der Waals surface area contributed by atoms with Gasteiger partial charge in [0.15, 0.2) is 0 Å². The van der Waals surface area contributed by atoms with Gasteiger partial charge in [-0.1, -0.05) is 5.92 Å². The molecule has 0 saturated carbocycles. The molecule has 0 aliphatic rings. The fourth-order valence-corrected chi connectivity index (χ4v) is 1.20. The lowest BCUT2D eigenvalue weighted by Crippen LogP contribution is -2.18. The van der Waals surface area contributed by atoms with Crippen LogP contribution in [0.25, 0.3) is 0 Å². The molecule has 2 N–H and O–H groups in total. The van der Waals surface area contributed by atoms with Crippen molar-refractivity contribution < 1.29 is 4.39 Å². The highest BCUT2D eigenvalue weighted by Crippen LogP contribution is 2.23. The number of nitrogens with zero attached hydrogens (tertiary/aromatic N) is 1. The largest absolute Gasteiger partial charge is 0.398 e. The third-order valence-corrected chi connectivity index (χ3v) is 2.08. The van der Waals surface area contributed by atoms with Crippen molar-refractivity contribution in [3.8, 4) is 12.3 Å². The number of halogens is 1. The highest BCUT2D eigenvalue weighted by Gasteiger charge is 2.08. The molecule has 14 heavy (non-hydrogen) atoms. The predicted molar refractivity (Wildman–Crippen MR) is 57.7 cm³/mol. The van der Waals surface area contributed by atoms with Gasteiger partial charge in [-0.25, -0.2) is 4.39 Å². The van der Waals surface area contributed by atoms with E-state index in [1.807, 2.05) is 6.92 Å². The molecular formula is C11H13FN2. The minimum absolute atomic E-state index is 0.342. The number of benzene rings is 1. The SMILES string of the molecule is C#CCN(C)c1cc(C)c(N)cc1F. The zero-order valence-corrected chi connectivity index (χ0v) is 8.34. The van der Waals surface area contributed by atoms with Crippen LogP contribution in [0, 0.1) is 25.1 Å². The molecule has 1 rings (SSSR count). The Morgan fingerprint density at radius 3 is 2.79 bits per heavy atom. The number of hydrogen-bond donors (Lipinski definition) is 1. The first kappa shape index (κ1) is 10.4. The Morgan fingerprint density at radius 1 is 1.57 bits per heavy atom. The maximum Gasteiger partial charge on any atom is 0.148 e. The topological polar surface area (TPSA) is 29.3 Å². The fraction of sp³-hybridized carbons (Fsp3) is 0.273. The van der Waals surface area contributed by atoms with E-state index in [0.717, 1.165) is 5.56 Å². The molecule has 0 unspecified atom stereocenters. The molecule has 0 atom stereocenters. The van der Waals surface area contributed by atoms with Gasteiger partial charge in [0.05, 0.1) is 12.2 Å². The maximum absolute atomic E-state index is 13.4. The smallest absolute Gasteiger partial charge is 0.148 e. The quantitative estimate of drug-likeness (QED) is 0.571. The van der Waals surface area contributed by atoms with E-state index in [9.17, 15) is 4.39 Å². The zero-order chi connectivity index (χ0) is 10.7. The van der Waals surface area contributed by atoms with E-state index in [-0.39, 0.29) is 5.82 Å². The lowest BCUT2D eigenvalue weighted by molar-refractivity contribution is 0.625. The van der Waals surface area contributed by atoms with E-state index < -0.39 is 0 Å². The predicted octanol–water partition coefficient (Wildman–Crippen LogP) is 1.79. The van der Waals surface area contributed by atoms with Crippen LogP contribution in [0.2, 0.25) is 0 Å². The average Bonchev–Trinajstić information content (AvgIpc) is 2.11. The Hall–Kier alpha value is -1.69. The van der Waals surface area contributed by atoms with Crippen LogP contribution < -0.4 is 10.6 Å². The molecule has 0 saturated heterocycles. The van der Waals surface area contributed by atoms with Crippen LogP contribution >= 0.6 is 0 Å². The first-order chi connectivity index (χ1) is 6.56. The second-order valence-electron chi connectivity index (χ2n) is 3.22. The van der Waals surface area contributed by atoms with Crippen molar-refractivity contribution in [2.45, 2.75) is 6.92 Å². The normalized spacial score (nSPS) is 9.57. The van der Waals surface area contributed by atoms with Gasteiger partial charge in [0, 0.05) is 12.7 Å². The molecule has 1 aromatic carbocycles. The summed E-state index contributed by atoms with van der Waals surface area (Å²) in [7, 11) is 1.74. The van der Waals surface area contributed by atoms with Gasteiger partial charge in [0.1, 0.15) is 5.82 Å². The van der Waals surface area contributed by atoms with Crippen LogP contribution in [0.5, 0.6) is 0 Å². The first-order valence-corrected chi connectivity index (χ1v) is 4.26.